The first kappa shape index (κ1) is 23.0. The molecule has 0 atom stereocenters. The summed E-state index contributed by atoms with van der Waals surface area (Å²) in [6, 6.07) is 15.4. The standard InChI is InChI=1S/C23H23Cl2N3O3/c1-3-21(28(30)31)16(2)23(29)27-14-12-26(13-15-27)22(17-4-8-19(24)9-5-17)18-6-10-20(25)11-7-18/h3-11,22H,2,12-15H2,1H3. The van der Waals surface area contributed by atoms with E-state index in [4.69, 9.17) is 23.2 Å². The molecular weight excluding hydrogens is 437 g/mol. The zero-order chi connectivity index (χ0) is 22.5. The molecule has 0 aliphatic carbocycles. The molecule has 31 heavy (non-hydrogen) atoms. The van der Waals surface area contributed by atoms with E-state index >= 15 is 0 Å². The first-order valence-corrected chi connectivity index (χ1v) is 10.6. The Bertz CT molecular complexity index is 950. The normalized spacial score (nSPS) is 15.2. The molecule has 0 bridgehead atoms. The summed E-state index contributed by atoms with van der Waals surface area (Å²) in [6.45, 7) is 7.29. The number of amides is 1. The van der Waals surface area contributed by atoms with Crippen LogP contribution >= 0.6 is 23.2 Å². The smallest absolute Gasteiger partial charge is 0.277 e. The van der Waals surface area contributed by atoms with Gasteiger partial charge in [0, 0.05) is 36.2 Å². The van der Waals surface area contributed by atoms with E-state index < -0.39 is 10.8 Å². The van der Waals surface area contributed by atoms with E-state index in [1.165, 1.54) is 13.0 Å². The van der Waals surface area contributed by atoms with Crippen LogP contribution in [0.5, 0.6) is 0 Å². The van der Waals surface area contributed by atoms with E-state index in [0.29, 0.717) is 36.2 Å². The van der Waals surface area contributed by atoms with Gasteiger partial charge in [0.05, 0.1) is 11.0 Å². The van der Waals surface area contributed by atoms with Crippen LogP contribution in [0, 0.1) is 10.1 Å². The minimum atomic E-state index is -0.576. The van der Waals surface area contributed by atoms with Crippen LogP contribution in [0.25, 0.3) is 0 Å². The minimum Gasteiger partial charge on any atom is -0.336 e. The second-order valence-corrected chi connectivity index (χ2v) is 8.12. The molecule has 0 spiro atoms. The molecule has 8 heteroatoms. The summed E-state index contributed by atoms with van der Waals surface area (Å²) in [5, 5.41) is 12.5. The van der Waals surface area contributed by atoms with Gasteiger partial charge < -0.3 is 4.90 Å². The summed E-state index contributed by atoms with van der Waals surface area (Å²) >= 11 is 12.2. The summed E-state index contributed by atoms with van der Waals surface area (Å²) in [5.74, 6) is -0.404. The minimum absolute atomic E-state index is 0.0279. The van der Waals surface area contributed by atoms with Crippen molar-refractivity contribution in [1.29, 1.82) is 0 Å². The van der Waals surface area contributed by atoms with Crippen molar-refractivity contribution in [2.45, 2.75) is 13.0 Å². The maximum absolute atomic E-state index is 12.7. The van der Waals surface area contributed by atoms with Crippen LogP contribution in [0.3, 0.4) is 0 Å². The average Bonchev–Trinajstić information content (AvgIpc) is 2.76. The molecule has 0 unspecified atom stereocenters. The zero-order valence-corrected chi connectivity index (χ0v) is 18.6. The van der Waals surface area contributed by atoms with Crippen LogP contribution in [0.1, 0.15) is 24.1 Å². The Hall–Kier alpha value is -2.67. The number of nitrogens with zero attached hydrogens (tertiary/aromatic N) is 3. The van der Waals surface area contributed by atoms with Gasteiger partial charge in [0.1, 0.15) is 5.57 Å². The predicted molar refractivity (Wildman–Crippen MR) is 123 cm³/mol. The van der Waals surface area contributed by atoms with Crippen LogP contribution in [0.4, 0.5) is 0 Å². The Morgan fingerprint density at radius 3 is 1.84 bits per heavy atom. The van der Waals surface area contributed by atoms with Gasteiger partial charge in [-0.1, -0.05) is 54.0 Å². The molecule has 6 nitrogen and oxygen atoms in total. The third-order valence-corrected chi connectivity index (χ3v) is 5.88. The number of carbonyl (C=O) groups excluding carboxylic acids is 1. The predicted octanol–water partition coefficient (Wildman–Crippen LogP) is 4.96. The van der Waals surface area contributed by atoms with Crippen LogP contribution in [0.15, 0.2) is 72.5 Å². The molecule has 0 saturated carbocycles. The van der Waals surface area contributed by atoms with Crippen molar-refractivity contribution in [1.82, 2.24) is 9.80 Å². The Balaban J connectivity index is 1.78. The number of carbonyl (C=O) groups is 1. The molecule has 0 radical (unpaired) electrons. The number of rotatable bonds is 6. The highest BCUT2D eigenvalue weighted by Gasteiger charge is 2.31. The molecule has 1 amide bonds. The molecule has 1 aliphatic rings. The van der Waals surface area contributed by atoms with Crippen molar-refractivity contribution in [2.75, 3.05) is 26.2 Å². The van der Waals surface area contributed by atoms with Crippen molar-refractivity contribution in [3.8, 4) is 0 Å². The Kier molecular flexibility index (Phi) is 7.49. The van der Waals surface area contributed by atoms with Gasteiger partial charge >= 0.3 is 0 Å². The van der Waals surface area contributed by atoms with Crippen molar-refractivity contribution in [3.05, 3.63) is 104 Å². The second-order valence-electron chi connectivity index (χ2n) is 7.24. The Morgan fingerprint density at radius 1 is 1.00 bits per heavy atom. The van der Waals surface area contributed by atoms with Gasteiger partial charge in [0.2, 0.25) is 0 Å². The quantitative estimate of drug-likeness (QED) is 0.265. The van der Waals surface area contributed by atoms with E-state index in [-0.39, 0.29) is 17.3 Å². The topological polar surface area (TPSA) is 66.7 Å². The van der Waals surface area contributed by atoms with Crippen molar-refractivity contribution in [3.63, 3.8) is 0 Å². The highest BCUT2D eigenvalue weighted by molar-refractivity contribution is 6.30. The molecule has 1 aliphatic heterocycles. The Labute approximate surface area is 191 Å². The third kappa shape index (κ3) is 5.34. The van der Waals surface area contributed by atoms with Gasteiger partial charge in [-0.25, -0.2) is 0 Å². The zero-order valence-electron chi connectivity index (χ0n) is 17.1. The number of piperazine rings is 1. The van der Waals surface area contributed by atoms with Crippen LogP contribution < -0.4 is 0 Å². The fraction of sp³-hybridized carbons (Fsp3) is 0.261. The fourth-order valence-electron chi connectivity index (χ4n) is 3.78. The lowest BCUT2D eigenvalue weighted by Gasteiger charge is -2.39. The third-order valence-electron chi connectivity index (χ3n) is 5.38. The van der Waals surface area contributed by atoms with Crippen LogP contribution in [-0.2, 0) is 4.79 Å². The molecule has 2 aromatic rings. The summed E-state index contributed by atoms with van der Waals surface area (Å²) in [7, 11) is 0. The number of nitro groups is 1. The number of halogens is 2. The lowest BCUT2D eigenvalue weighted by molar-refractivity contribution is -0.420. The fourth-order valence-corrected chi connectivity index (χ4v) is 4.03. The maximum Gasteiger partial charge on any atom is 0.277 e. The lowest BCUT2D eigenvalue weighted by atomic mass is 9.96. The maximum atomic E-state index is 12.7. The molecular formula is C23H23Cl2N3O3. The van der Waals surface area contributed by atoms with Crippen molar-refractivity contribution < 1.29 is 9.72 Å². The molecule has 1 heterocycles. The van der Waals surface area contributed by atoms with Crippen molar-refractivity contribution >= 4 is 29.1 Å². The van der Waals surface area contributed by atoms with Gasteiger partial charge in [-0.05, 0) is 48.4 Å². The summed E-state index contributed by atoms with van der Waals surface area (Å²) in [4.78, 5) is 27.2. The summed E-state index contributed by atoms with van der Waals surface area (Å²) < 4.78 is 0. The van der Waals surface area contributed by atoms with Gasteiger partial charge in [-0.2, -0.15) is 0 Å². The van der Waals surface area contributed by atoms with E-state index in [0.717, 1.165) is 11.1 Å². The highest BCUT2D eigenvalue weighted by atomic mass is 35.5. The van der Waals surface area contributed by atoms with E-state index in [1.807, 2.05) is 48.5 Å². The second kappa shape index (κ2) is 10.1. The molecule has 1 saturated heterocycles. The van der Waals surface area contributed by atoms with Gasteiger partial charge in [-0.15, -0.1) is 0 Å². The first-order valence-electron chi connectivity index (χ1n) is 9.86. The monoisotopic (exact) mass is 459 g/mol. The molecule has 1 fully saturated rings. The molecule has 2 aromatic carbocycles. The van der Waals surface area contributed by atoms with E-state index in [2.05, 4.69) is 11.5 Å². The number of hydrogen-bond donors (Lipinski definition) is 0. The van der Waals surface area contributed by atoms with Crippen LogP contribution in [0.2, 0.25) is 10.0 Å². The van der Waals surface area contributed by atoms with Crippen LogP contribution in [-0.4, -0.2) is 46.8 Å². The van der Waals surface area contributed by atoms with E-state index in [9.17, 15) is 14.9 Å². The number of hydrogen-bond acceptors (Lipinski definition) is 4. The number of benzene rings is 2. The molecule has 162 valence electrons. The molecule has 0 aromatic heterocycles. The van der Waals surface area contributed by atoms with E-state index in [1.54, 1.807) is 4.90 Å². The molecule has 3 rings (SSSR count). The average molecular weight is 460 g/mol. The summed E-state index contributed by atoms with van der Waals surface area (Å²) in [5.41, 5.74) is 1.82. The molecule has 0 N–H and O–H groups in total. The summed E-state index contributed by atoms with van der Waals surface area (Å²) in [6.07, 6.45) is 1.30. The van der Waals surface area contributed by atoms with Gasteiger partial charge in [-0.3, -0.25) is 19.8 Å². The highest BCUT2D eigenvalue weighted by Crippen LogP contribution is 2.31. The Morgan fingerprint density at radius 2 is 1.45 bits per heavy atom. The van der Waals surface area contributed by atoms with Gasteiger partial charge in [0.15, 0.2) is 0 Å². The SMILES string of the molecule is C=C(C(=O)N1CCN(C(c2ccc(Cl)cc2)c2ccc(Cl)cc2)CC1)C(=CC)[N+](=O)[O-]. The lowest BCUT2D eigenvalue weighted by Crippen LogP contribution is -2.50. The number of allylic oxidation sites excluding steroid dienone is 1. The van der Waals surface area contributed by atoms with Gasteiger partial charge in [0.25, 0.3) is 11.6 Å². The largest absolute Gasteiger partial charge is 0.336 e. The van der Waals surface area contributed by atoms with Crippen molar-refractivity contribution in [2.24, 2.45) is 0 Å². The first-order chi connectivity index (χ1) is 14.8.